The van der Waals surface area contributed by atoms with Gasteiger partial charge < -0.3 is 20.1 Å². The van der Waals surface area contributed by atoms with Gasteiger partial charge in [-0.1, -0.05) is 12.1 Å². The Morgan fingerprint density at radius 1 is 1.40 bits per heavy atom. The monoisotopic (exact) mass is 287 g/mol. The molecule has 0 radical (unpaired) electrons. The maximum absolute atomic E-state index is 12.5. The maximum Gasteiger partial charge on any atom is 0.387 e. The molecule has 5 nitrogen and oxygen atoms in total. The molecule has 0 saturated heterocycles. The molecule has 0 aromatic heterocycles. The van der Waals surface area contributed by atoms with Crippen molar-refractivity contribution in [2.45, 2.75) is 20.1 Å². The smallest absolute Gasteiger partial charge is 0.387 e. The van der Waals surface area contributed by atoms with Gasteiger partial charge in [0.25, 0.3) is 0 Å². The van der Waals surface area contributed by atoms with Crippen molar-refractivity contribution in [3.63, 3.8) is 0 Å². The van der Waals surface area contributed by atoms with Crippen molar-refractivity contribution < 1.29 is 18.3 Å². The SMILES string of the molecule is CCOc1cccc(CNC(=NC)NC)c1OC(F)F. The van der Waals surface area contributed by atoms with Crippen molar-refractivity contribution in [3.8, 4) is 11.5 Å². The molecule has 0 aliphatic carbocycles. The fourth-order valence-corrected chi connectivity index (χ4v) is 1.65. The molecule has 0 atom stereocenters. The second kappa shape index (κ2) is 8.19. The van der Waals surface area contributed by atoms with Gasteiger partial charge in [-0.05, 0) is 13.0 Å². The number of hydrogen-bond donors (Lipinski definition) is 2. The van der Waals surface area contributed by atoms with Gasteiger partial charge in [-0.2, -0.15) is 8.78 Å². The molecule has 0 fully saturated rings. The Kier molecular flexibility index (Phi) is 6.55. The van der Waals surface area contributed by atoms with Crippen LogP contribution in [0.4, 0.5) is 8.78 Å². The number of benzene rings is 1. The van der Waals surface area contributed by atoms with Crippen molar-refractivity contribution in [1.82, 2.24) is 10.6 Å². The Labute approximate surface area is 117 Å². The first-order valence-corrected chi connectivity index (χ1v) is 6.20. The molecule has 0 spiro atoms. The highest BCUT2D eigenvalue weighted by Crippen LogP contribution is 2.32. The number of guanidine groups is 1. The van der Waals surface area contributed by atoms with Gasteiger partial charge >= 0.3 is 6.61 Å². The molecule has 0 saturated carbocycles. The lowest BCUT2D eigenvalue weighted by molar-refractivity contribution is -0.0520. The highest BCUT2D eigenvalue weighted by Gasteiger charge is 2.15. The summed E-state index contributed by atoms with van der Waals surface area (Å²) in [4.78, 5) is 3.95. The zero-order chi connectivity index (χ0) is 15.0. The van der Waals surface area contributed by atoms with E-state index in [1.807, 2.05) is 0 Å². The van der Waals surface area contributed by atoms with Crippen LogP contribution in [-0.2, 0) is 6.54 Å². The van der Waals surface area contributed by atoms with Crippen LogP contribution in [-0.4, -0.2) is 33.3 Å². The van der Waals surface area contributed by atoms with Crippen LogP contribution in [0.3, 0.4) is 0 Å². The third-order valence-electron chi connectivity index (χ3n) is 2.47. The number of rotatable bonds is 6. The molecule has 0 bridgehead atoms. The second-order valence-electron chi connectivity index (χ2n) is 3.73. The summed E-state index contributed by atoms with van der Waals surface area (Å²) in [6, 6.07) is 5.01. The molecule has 1 rings (SSSR count). The molecule has 0 amide bonds. The Morgan fingerprint density at radius 3 is 2.70 bits per heavy atom. The Hall–Kier alpha value is -2.05. The number of ether oxygens (including phenoxy) is 2. The number of alkyl halides is 2. The maximum atomic E-state index is 12.5. The molecular formula is C13H19F2N3O2. The minimum absolute atomic E-state index is 0.0448. The van der Waals surface area contributed by atoms with E-state index >= 15 is 0 Å². The van der Waals surface area contributed by atoms with E-state index in [1.165, 1.54) is 0 Å². The van der Waals surface area contributed by atoms with E-state index in [-0.39, 0.29) is 12.3 Å². The zero-order valence-corrected chi connectivity index (χ0v) is 11.7. The van der Waals surface area contributed by atoms with E-state index in [4.69, 9.17) is 4.74 Å². The molecule has 2 N–H and O–H groups in total. The largest absolute Gasteiger partial charge is 0.490 e. The van der Waals surface area contributed by atoms with Crippen LogP contribution in [0, 0.1) is 0 Å². The lowest BCUT2D eigenvalue weighted by atomic mass is 10.2. The van der Waals surface area contributed by atoms with Gasteiger partial charge in [0.2, 0.25) is 0 Å². The van der Waals surface area contributed by atoms with Crippen molar-refractivity contribution in [2.24, 2.45) is 4.99 Å². The van der Waals surface area contributed by atoms with Gasteiger partial charge in [0.05, 0.1) is 6.61 Å². The molecule has 7 heteroatoms. The molecule has 0 aliphatic heterocycles. The third-order valence-corrected chi connectivity index (χ3v) is 2.47. The number of nitrogens with one attached hydrogen (secondary N) is 2. The van der Waals surface area contributed by atoms with Crippen molar-refractivity contribution in [1.29, 1.82) is 0 Å². The van der Waals surface area contributed by atoms with Crippen LogP contribution in [0.2, 0.25) is 0 Å². The van der Waals surface area contributed by atoms with E-state index in [1.54, 1.807) is 39.2 Å². The zero-order valence-electron chi connectivity index (χ0n) is 11.7. The normalized spacial score (nSPS) is 11.4. The number of nitrogens with zero attached hydrogens (tertiary/aromatic N) is 1. The number of aliphatic imine (C=N–C) groups is 1. The van der Waals surface area contributed by atoms with Crippen LogP contribution in [0.5, 0.6) is 11.5 Å². The van der Waals surface area contributed by atoms with E-state index in [2.05, 4.69) is 20.4 Å². The van der Waals surface area contributed by atoms with E-state index < -0.39 is 6.61 Å². The van der Waals surface area contributed by atoms with Crippen LogP contribution in [0.15, 0.2) is 23.2 Å². The van der Waals surface area contributed by atoms with Gasteiger partial charge in [-0.25, -0.2) is 0 Å². The molecular weight excluding hydrogens is 268 g/mol. The van der Waals surface area contributed by atoms with Gasteiger partial charge in [0.15, 0.2) is 17.5 Å². The fourth-order valence-electron chi connectivity index (χ4n) is 1.65. The minimum atomic E-state index is -2.90. The predicted molar refractivity (Wildman–Crippen MR) is 73.5 cm³/mol. The number of hydrogen-bond acceptors (Lipinski definition) is 3. The first-order valence-electron chi connectivity index (χ1n) is 6.20. The number of para-hydroxylation sites is 1. The van der Waals surface area contributed by atoms with Crippen LogP contribution < -0.4 is 20.1 Å². The average molecular weight is 287 g/mol. The molecule has 1 aromatic rings. The standard InChI is InChI=1S/C13H19F2N3O2/c1-4-19-10-7-5-6-9(11(10)20-12(14)15)8-18-13(16-2)17-3/h5-7,12H,4,8H2,1-3H3,(H2,16,17,18). The molecule has 112 valence electrons. The van der Waals surface area contributed by atoms with Gasteiger partial charge in [0, 0.05) is 26.2 Å². The molecule has 0 aliphatic rings. The van der Waals surface area contributed by atoms with Crippen LogP contribution in [0.1, 0.15) is 12.5 Å². The summed E-state index contributed by atoms with van der Waals surface area (Å²) in [5.74, 6) is 0.893. The van der Waals surface area contributed by atoms with Crippen LogP contribution in [0.25, 0.3) is 0 Å². The summed E-state index contributed by atoms with van der Waals surface area (Å²) < 4.78 is 34.9. The lowest BCUT2D eigenvalue weighted by Gasteiger charge is -2.16. The first kappa shape index (κ1) is 16.0. The Morgan fingerprint density at radius 2 is 2.15 bits per heavy atom. The lowest BCUT2D eigenvalue weighted by Crippen LogP contribution is -2.34. The van der Waals surface area contributed by atoms with Crippen molar-refractivity contribution in [2.75, 3.05) is 20.7 Å². The van der Waals surface area contributed by atoms with Crippen molar-refractivity contribution in [3.05, 3.63) is 23.8 Å². The summed E-state index contributed by atoms with van der Waals surface area (Å²) in [6.07, 6.45) is 0. The quantitative estimate of drug-likeness (QED) is 0.620. The number of halogens is 2. The summed E-state index contributed by atoms with van der Waals surface area (Å²) in [5.41, 5.74) is 0.563. The van der Waals surface area contributed by atoms with E-state index in [9.17, 15) is 8.78 Å². The minimum Gasteiger partial charge on any atom is -0.490 e. The topological polar surface area (TPSA) is 54.9 Å². The van der Waals surface area contributed by atoms with E-state index in [0.29, 0.717) is 23.9 Å². The van der Waals surface area contributed by atoms with Gasteiger partial charge in [0.1, 0.15) is 0 Å². The summed E-state index contributed by atoms with van der Waals surface area (Å²) in [7, 11) is 3.33. The molecule has 20 heavy (non-hydrogen) atoms. The Bertz CT molecular complexity index is 453. The highest BCUT2D eigenvalue weighted by atomic mass is 19.3. The van der Waals surface area contributed by atoms with Crippen molar-refractivity contribution >= 4 is 5.96 Å². The molecule has 1 aromatic carbocycles. The van der Waals surface area contributed by atoms with Crippen LogP contribution >= 0.6 is 0 Å². The average Bonchev–Trinajstić information content (AvgIpc) is 2.42. The first-order chi connectivity index (χ1) is 9.62. The highest BCUT2D eigenvalue weighted by molar-refractivity contribution is 5.79. The third kappa shape index (κ3) is 4.56. The molecule has 0 heterocycles. The van der Waals surface area contributed by atoms with E-state index in [0.717, 1.165) is 0 Å². The molecule has 0 unspecified atom stereocenters. The summed E-state index contributed by atoms with van der Waals surface area (Å²) >= 11 is 0. The summed E-state index contributed by atoms with van der Waals surface area (Å²) in [5, 5.41) is 5.82. The fraction of sp³-hybridized carbons (Fsp3) is 0.462. The van der Waals surface area contributed by atoms with Gasteiger partial charge in [-0.3, -0.25) is 4.99 Å². The van der Waals surface area contributed by atoms with Gasteiger partial charge in [-0.15, -0.1) is 0 Å². The second-order valence-corrected chi connectivity index (χ2v) is 3.73. The summed E-state index contributed by atoms with van der Waals surface area (Å²) in [6.45, 7) is -0.468. The predicted octanol–water partition coefficient (Wildman–Crippen LogP) is 1.98. The Balaban J connectivity index is 2.95.